The molecule has 0 spiro atoms. The number of phenols is 1. The standard InChI is InChI=1S/C30H10BF7N6O.C24H10BClF2N6.C6HF5O/c32-17-9-15-16(10-18(17)33)30-42-28-14-8-4-3-7-13(14)27-40-25-11-5-1-2-6-12(11)26(39-25)41-29(15)44(30)31(43(27)28)45-24-22(37)20(35)19(34)21(36)23(24)38;26-25-33-21-13-7-3-4-8-14(13)22(33)32-24-16-10-18(28)17(27)9-15(16)23(34(24)25)31-20-12-6-2-1-5-11(12)19(29-20)30-21;7-1-2(8)4(10)6(12)5(11)3(1)9/h1-10H;1-10H;12H. The van der Waals surface area contributed by atoms with Crippen LogP contribution in [0.25, 0.3) is 43.1 Å². The number of aromatic nitrogens is 4. The fraction of sp³-hybridized carbons (Fsp3) is 0. The molecule has 0 radical (unpaired) electrons. The molecule has 8 aromatic carbocycles. The minimum Gasteiger partial charge on any atom is -0.518 e. The van der Waals surface area contributed by atoms with Gasteiger partial charge >= 0.3 is 13.6 Å². The quantitative estimate of drug-likeness (QED) is 0.0794. The molecule has 0 saturated heterocycles. The van der Waals surface area contributed by atoms with Crippen LogP contribution in [0.2, 0.25) is 0 Å². The molecule has 4 aromatic heterocycles. The number of fused-ring (bicyclic) bond motifs is 20. The number of phenolic OH excluding ortho intramolecular Hbond substituents is 1. The van der Waals surface area contributed by atoms with Gasteiger partial charge in [-0.25, -0.2) is 83.8 Å². The van der Waals surface area contributed by atoms with E-state index in [-0.39, 0.29) is 45.1 Å². The second-order valence-corrected chi connectivity index (χ2v) is 21.0. The molecule has 8 bridgehead atoms. The lowest BCUT2D eigenvalue weighted by Crippen LogP contribution is -2.52. The molecule has 0 fully saturated rings. The van der Waals surface area contributed by atoms with Gasteiger partial charge in [0.25, 0.3) is 0 Å². The molecule has 10 heterocycles. The van der Waals surface area contributed by atoms with Gasteiger partial charge in [0.15, 0.2) is 58.1 Å². The third kappa shape index (κ3) is 7.77. The van der Waals surface area contributed by atoms with Crippen LogP contribution < -0.4 is 26.6 Å². The van der Waals surface area contributed by atoms with E-state index < -0.39 is 107 Å². The molecule has 14 nitrogen and oxygen atoms in total. The van der Waals surface area contributed by atoms with E-state index >= 15 is 8.78 Å². The van der Waals surface area contributed by atoms with Crippen LogP contribution in [0.3, 0.4) is 0 Å². The Hall–Kier alpha value is -11.2. The van der Waals surface area contributed by atoms with Gasteiger partial charge in [-0.3, -0.25) is 8.96 Å². The maximum Gasteiger partial charge on any atom is 0.633 e. The topological polar surface area (TPSA) is 148 Å². The van der Waals surface area contributed by atoms with Crippen LogP contribution in [-0.4, -0.2) is 59.9 Å². The summed E-state index contributed by atoms with van der Waals surface area (Å²) in [6.07, 6.45) is -0.812. The zero-order chi connectivity index (χ0) is 63.1. The Bertz CT molecular complexity index is 5710. The highest BCUT2D eigenvalue weighted by molar-refractivity contribution is 7.05. The summed E-state index contributed by atoms with van der Waals surface area (Å²) in [7, 11) is -1.81. The number of benzene rings is 8. The SMILES string of the molecule is Fc1cc2c3n4c(c2cc1F)N=c1c2ccccc2c(n1B4Cl)=NC1=NC(=N3)c2ccccc21.Fc1cc2c3n4c(c2cc1F)N=c1c2ccccc2c(n1B4Oc1c(F)c(F)c(F)c(F)c1F)=NC1=NC(=N3)c2ccccc21.Oc1c(F)c(F)c(F)c(F)c1F. The van der Waals surface area contributed by atoms with Gasteiger partial charge in [-0.2, -0.15) is 17.6 Å². The summed E-state index contributed by atoms with van der Waals surface area (Å²) in [4.78, 5) is 38.2. The van der Waals surface area contributed by atoms with Crippen molar-refractivity contribution in [3.05, 3.63) is 247 Å². The molecule has 91 heavy (non-hydrogen) atoms. The van der Waals surface area contributed by atoms with Gasteiger partial charge in [0.05, 0.1) is 0 Å². The van der Waals surface area contributed by atoms with Crippen LogP contribution in [0.1, 0.15) is 22.3 Å². The third-order valence-corrected chi connectivity index (χ3v) is 16.1. The van der Waals surface area contributed by atoms with Crippen LogP contribution in [0.15, 0.2) is 161 Å². The van der Waals surface area contributed by atoms with Gasteiger partial charge in [0, 0.05) is 65.3 Å². The Labute approximate surface area is 500 Å². The first-order valence-electron chi connectivity index (χ1n) is 26.5. The van der Waals surface area contributed by atoms with Crippen molar-refractivity contribution in [1.82, 2.24) is 17.9 Å². The predicted molar refractivity (Wildman–Crippen MR) is 304 cm³/mol. The number of hydrogen-bond acceptors (Lipinski definition) is 10. The molecule has 6 aliphatic rings. The second-order valence-electron chi connectivity index (χ2n) is 20.6. The van der Waals surface area contributed by atoms with Gasteiger partial charge in [0.2, 0.25) is 58.2 Å². The van der Waals surface area contributed by atoms with Crippen molar-refractivity contribution in [3.8, 4) is 11.5 Å². The first-order valence-corrected chi connectivity index (χ1v) is 27.0. The molecule has 12 aromatic rings. The lowest BCUT2D eigenvalue weighted by molar-refractivity contribution is 0.325. The molecule has 0 amide bonds. The molecular formula is C60H21B2ClF14N12O2. The van der Waals surface area contributed by atoms with Crippen molar-refractivity contribution in [2.75, 3.05) is 0 Å². The molecule has 0 aliphatic carbocycles. The summed E-state index contributed by atoms with van der Waals surface area (Å²) in [6, 6.07) is 33.2. The lowest BCUT2D eigenvalue weighted by atomic mass is 9.98. The third-order valence-electron chi connectivity index (χ3n) is 15.7. The maximum absolute atomic E-state index is 15.1. The molecule has 444 valence electrons. The van der Waals surface area contributed by atoms with E-state index in [1.807, 2.05) is 53.0 Å². The first kappa shape index (κ1) is 55.2. The van der Waals surface area contributed by atoms with Crippen molar-refractivity contribution < 1.29 is 71.2 Å². The molecule has 0 saturated carbocycles. The number of aromatic hydroxyl groups is 1. The second kappa shape index (κ2) is 19.7. The van der Waals surface area contributed by atoms with E-state index in [4.69, 9.17) is 51.2 Å². The van der Waals surface area contributed by atoms with Crippen molar-refractivity contribution in [1.29, 1.82) is 0 Å². The lowest BCUT2D eigenvalue weighted by Gasteiger charge is -2.23. The maximum atomic E-state index is 15.1. The van der Waals surface area contributed by atoms with Crippen molar-refractivity contribution in [3.63, 3.8) is 0 Å². The normalized spacial score (nSPS) is 14.1. The van der Waals surface area contributed by atoms with E-state index in [9.17, 15) is 52.7 Å². The zero-order valence-electron chi connectivity index (χ0n) is 44.6. The molecule has 1 N–H and O–H groups in total. The highest BCUT2D eigenvalue weighted by Gasteiger charge is 2.43. The molecule has 18 rings (SSSR count). The van der Waals surface area contributed by atoms with Crippen LogP contribution in [0.5, 0.6) is 11.5 Å². The molecule has 31 heteroatoms. The summed E-state index contributed by atoms with van der Waals surface area (Å²) >= 11 is 7.09. The fourth-order valence-corrected chi connectivity index (χ4v) is 12.0. The van der Waals surface area contributed by atoms with Crippen LogP contribution in [-0.2, 0) is 0 Å². The summed E-state index contributed by atoms with van der Waals surface area (Å²) in [5.41, 5.74) is 4.16. The smallest absolute Gasteiger partial charge is 0.518 e. The summed E-state index contributed by atoms with van der Waals surface area (Å²) in [5, 5.41) is 11.8. The Morgan fingerprint density at radius 1 is 0.319 bits per heavy atom. The van der Waals surface area contributed by atoms with E-state index in [0.717, 1.165) is 50.6 Å². The summed E-state index contributed by atoms with van der Waals surface area (Å²) in [5.74, 6) is -28.4. The van der Waals surface area contributed by atoms with Gasteiger partial charge in [0.1, 0.15) is 45.2 Å². The van der Waals surface area contributed by atoms with E-state index in [2.05, 4.69) is 9.98 Å². The van der Waals surface area contributed by atoms with Crippen molar-refractivity contribution in [2.45, 2.75) is 0 Å². The van der Waals surface area contributed by atoms with Crippen LogP contribution in [0, 0.1) is 81.4 Å². The molecule has 6 aliphatic heterocycles. The van der Waals surface area contributed by atoms with Gasteiger partial charge in [-0.15, -0.1) is 11.5 Å². The number of aliphatic imine (C=N–C) groups is 4. The largest absolute Gasteiger partial charge is 0.633 e. The average Bonchev–Trinajstić information content (AvgIpc) is 1.55. The highest BCUT2D eigenvalue weighted by Crippen LogP contribution is 2.45. The summed E-state index contributed by atoms with van der Waals surface area (Å²) in [6.45, 7) is 0. The Balaban J connectivity index is 0.000000126. The number of hydrogen-bond donors (Lipinski definition) is 1. The molecule has 0 atom stereocenters. The minimum atomic E-state index is -2.37. The number of halogens is 15. The minimum absolute atomic E-state index is 0.0152. The Kier molecular flexibility index (Phi) is 11.9. The Morgan fingerprint density at radius 3 is 1.02 bits per heavy atom. The van der Waals surface area contributed by atoms with Crippen molar-refractivity contribution >= 4 is 115 Å². The van der Waals surface area contributed by atoms with E-state index in [1.54, 1.807) is 53.0 Å². The van der Waals surface area contributed by atoms with Crippen molar-refractivity contribution in [2.24, 2.45) is 39.9 Å². The van der Waals surface area contributed by atoms with E-state index in [0.29, 0.717) is 67.0 Å². The monoisotopic (exact) mass is 1260 g/mol. The summed E-state index contributed by atoms with van der Waals surface area (Å²) < 4.78 is 204. The van der Waals surface area contributed by atoms with Crippen LogP contribution in [0.4, 0.5) is 84.7 Å². The molecule has 0 unspecified atom stereocenters. The number of nitrogens with zero attached hydrogens (tertiary/aromatic N) is 12. The fourth-order valence-electron chi connectivity index (χ4n) is 11.6. The van der Waals surface area contributed by atoms with E-state index in [1.165, 1.54) is 4.48 Å². The Morgan fingerprint density at radius 2 is 0.615 bits per heavy atom. The van der Waals surface area contributed by atoms with Gasteiger partial charge < -0.3 is 18.7 Å². The highest BCUT2D eigenvalue weighted by atomic mass is 35.5. The molecular weight excluding hydrogens is 1240 g/mol. The zero-order valence-corrected chi connectivity index (χ0v) is 45.3. The predicted octanol–water partition coefficient (Wildman–Crippen LogP) is 12.1. The number of rotatable bonds is 2. The first-order chi connectivity index (χ1) is 43.8. The number of amidine groups is 4. The van der Waals surface area contributed by atoms with Gasteiger partial charge in [-0.05, 0) is 24.3 Å². The van der Waals surface area contributed by atoms with Crippen LogP contribution >= 0.6 is 11.5 Å². The van der Waals surface area contributed by atoms with Gasteiger partial charge in [-0.1, -0.05) is 97.1 Å². The average molecular weight is 1260 g/mol.